The standard InChI is InChI=1S/C15H14F3N5O/c1-23(2)12-7-11(15(16,17)18)21-14(22-12)19-9-3-4-10-8(5-9)6-13(24)20-10/h3-5,7H,6H2,1-2H3,(H,20,24)(H,19,21,22). The molecule has 9 heteroatoms. The van der Waals surface area contributed by atoms with E-state index in [2.05, 4.69) is 20.6 Å². The van der Waals surface area contributed by atoms with Gasteiger partial charge in [0.15, 0.2) is 5.69 Å². The number of carbonyl (C=O) groups excluding carboxylic acids is 1. The molecule has 3 rings (SSSR count). The average Bonchev–Trinajstić information content (AvgIpc) is 2.85. The van der Waals surface area contributed by atoms with Gasteiger partial charge in [-0.1, -0.05) is 0 Å². The largest absolute Gasteiger partial charge is 0.433 e. The van der Waals surface area contributed by atoms with E-state index < -0.39 is 11.9 Å². The van der Waals surface area contributed by atoms with Crippen molar-refractivity contribution in [3.63, 3.8) is 0 Å². The van der Waals surface area contributed by atoms with Crippen molar-refractivity contribution in [1.82, 2.24) is 9.97 Å². The SMILES string of the molecule is CN(C)c1cc(C(F)(F)F)nc(Nc2ccc3c(c2)CC(=O)N3)n1. The number of nitrogens with zero attached hydrogens (tertiary/aromatic N) is 3. The van der Waals surface area contributed by atoms with Gasteiger partial charge in [-0.3, -0.25) is 4.79 Å². The molecule has 0 bridgehead atoms. The van der Waals surface area contributed by atoms with Gasteiger partial charge in [0.05, 0.1) is 6.42 Å². The van der Waals surface area contributed by atoms with E-state index in [-0.39, 0.29) is 24.1 Å². The maximum absolute atomic E-state index is 13.0. The Labute approximate surface area is 135 Å². The summed E-state index contributed by atoms with van der Waals surface area (Å²) in [4.78, 5) is 20.4. The highest BCUT2D eigenvalue weighted by Gasteiger charge is 2.34. The highest BCUT2D eigenvalue weighted by atomic mass is 19.4. The molecule has 126 valence electrons. The Hall–Kier alpha value is -2.84. The minimum absolute atomic E-state index is 0.118. The van der Waals surface area contributed by atoms with Gasteiger partial charge < -0.3 is 15.5 Å². The molecule has 0 saturated heterocycles. The molecule has 2 N–H and O–H groups in total. The number of halogens is 3. The highest BCUT2D eigenvalue weighted by Crippen LogP contribution is 2.31. The average molecular weight is 337 g/mol. The number of nitrogens with one attached hydrogen (secondary N) is 2. The zero-order valence-electron chi connectivity index (χ0n) is 12.9. The summed E-state index contributed by atoms with van der Waals surface area (Å²) in [6.07, 6.45) is -4.34. The van der Waals surface area contributed by atoms with Crippen molar-refractivity contribution in [3.05, 3.63) is 35.5 Å². The number of alkyl halides is 3. The van der Waals surface area contributed by atoms with Crippen LogP contribution in [0.4, 0.5) is 36.3 Å². The van der Waals surface area contributed by atoms with Crippen LogP contribution >= 0.6 is 0 Å². The lowest BCUT2D eigenvalue weighted by Gasteiger charge is -2.16. The number of hydrogen-bond acceptors (Lipinski definition) is 5. The molecule has 1 amide bonds. The van der Waals surface area contributed by atoms with Crippen LogP contribution in [0.1, 0.15) is 11.3 Å². The quantitative estimate of drug-likeness (QED) is 0.901. The molecule has 0 radical (unpaired) electrons. The van der Waals surface area contributed by atoms with Gasteiger partial charge in [-0.15, -0.1) is 0 Å². The second-order valence-electron chi connectivity index (χ2n) is 5.55. The fourth-order valence-electron chi connectivity index (χ4n) is 2.30. The van der Waals surface area contributed by atoms with Crippen molar-refractivity contribution < 1.29 is 18.0 Å². The van der Waals surface area contributed by atoms with Crippen molar-refractivity contribution in [2.24, 2.45) is 0 Å². The van der Waals surface area contributed by atoms with E-state index in [0.29, 0.717) is 11.4 Å². The van der Waals surface area contributed by atoms with Gasteiger partial charge in [-0.25, -0.2) is 4.98 Å². The number of rotatable bonds is 3. The lowest BCUT2D eigenvalue weighted by atomic mass is 10.1. The lowest BCUT2D eigenvalue weighted by molar-refractivity contribution is -0.141. The maximum atomic E-state index is 13.0. The summed E-state index contributed by atoms with van der Waals surface area (Å²) < 4.78 is 39.0. The first-order valence-electron chi connectivity index (χ1n) is 7.06. The van der Waals surface area contributed by atoms with Crippen molar-refractivity contribution >= 4 is 29.0 Å². The Kier molecular flexibility index (Phi) is 3.78. The Morgan fingerprint density at radius 3 is 2.62 bits per heavy atom. The second-order valence-corrected chi connectivity index (χ2v) is 5.55. The Balaban J connectivity index is 1.94. The zero-order chi connectivity index (χ0) is 17.5. The third-order valence-corrected chi connectivity index (χ3v) is 3.45. The van der Waals surface area contributed by atoms with Crippen LogP contribution in [-0.2, 0) is 17.4 Å². The lowest BCUT2D eigenvalue weighted by Crippen LogP contribution is -2.16. The van der Waals surface area contributed by atoms with Crippen LogP contribution in [0.15, 0.2) is 24.3 Å². The normalized spacial score (nSPS) is 13.5. The molecule has 1 aromatic carbocycles. The molecule has 0 spiro atoms. The molecule has 0 atom stereocenters. The van der Waals surface area contributed by atoms with Crippen LogP contribution in [0.2, 0.25) is 0 Å². The minimum atomic E-state index is -4.57. The third kappa shape index (κ3) is 3.24. The van der Waals surface area contributed by atoms with Crippen LogP contribution < -0.4 is 15.5 Å². The van der Waals surface area contributed by atoms with Crippen molar-refractivity contribution in [2.45, 2.75) is 12.6 Å². The number of fused-ring (bicyclic) bond motifs is 1. The molecule has 6 nitrogen and oxygen atoms in total. The van der Waals surface area contributed by atoms with Gasteiger partial charge in [0.25, 0.3) is 0 Å². The van der Waals surface area contributed by atoms with E-state index in [1.54, 1.807) is 32.3 Å². The van der Waals surface area contributed by atoms with Crippen LogP contribution in [-0.4, -0.2) is 30.0 Å². The van der Waals surface area contributed by atoms with E-state index in [0.717, 1.165) is 11.6 Å². The molecule has 1 aromatic heterocycles. The van der Waals surface area contributed by atoms with Crippen LogP contribution in [0.5, 0.6) is 0 Å². The van der Waals surface area contributed by atoms with Crippen molar-refractivity contribution in [3.8, 4) is 0 Å². The molecule has 24 heavy (non-hydrogen) atoms. The van der Waals surface area contributed by atoms with Crippen LogP contribution in [0, 0.1) is 0 Å². The van der Waals surface area contributed by atoms with Crippen LogP contribution in [0.25, 0.3) is 0 Å². The smallest absolute Gasteiger partial charge is 0.363 e. The fourth-order valence-corrected chi connectivity index (χ4v) is 2.30. The second kappa shape index (κ2) is 5.66. The number of aromatic nitrogens is 2. The highest BCUT2D eigenvalue weighted by molar-refractivity contribution is 5.99. The predicted molar refractivity (Wildman–Crippen MR) is 83.4 cm³/mol. The number of carbonyl (C=O) groups is 1. The van der Waals surface area contributed by atoms with Crippen molar-refractivity contribution in [2.75, 3.05) is 29.6 Å². The maximum Gasteiger partial charge on any atom is 0.433 e. The van der Waals surface area contributed by atoms with E-state index >= 15 is 0 Å². The summed E-state index contributed by atoms with van der Waals surface area (Å²) in [5.41, 5.74) is 0.949. The van der Waals surface area contributed by atoms with E-state index in [1.807, 2.05) is 0 Å². The summed E-state index contributed by atoms with van der Waals surface area (Å²) in [5.74, 6) is -0.143. The minimum Gasteiger partial charge on any atom is -0.363 e. The fraction of sp³-hybridized carbons (Fsp3) is 0.267. The summed E-state index contributed by atoms with van der Waals surface area (Å²) in [7, 11) is 3.19. The first-order valence-corrected chi connectivity index (χ1v) is 7.06. The summed E-state index contributed by atoms with van der Waals surface area (Å²) >= 11 is 0. The summed E-state index contributed by atoms with van der Waals surface area (Å²) in [6.45, 7) is 0. The number of anilines is 4. The molecule has 0 aliphatic carbocycles. The van der Waals surface area contributed by atoms with E-state index in [9.17, 15) is 18.0 Å². The topological polar surface area (TPSA) is 70.2 Å². The third-order valence-electron chi connectivity index (χ3n) is 3.45. The monoisotopic (exact) mass is 337 g/mol. The zero-order valence-corrected chi connectivity index (χ0v) is 12.9. The molecular weight excluding hydrogens is 323 g/mol. The summed E-state index contributed by atoms with van der Waals surface area (Å²) in [6, 6.07) is 5.90. The van der Waals surface area contributed by atoms with Crippen molar-refractivity contribution in [1.29, 1.82) is 0 Å². The number of benzene rings is 1. The first-order chi connectivity index (χ1) is 11.2. The molecule has 2 heterocycles. The van der Waals surface area contributed by atoms with Crippen LogP contribution in [0.3, 0.4) is 0 Å². The Morgan fingerprint density at radius 1 is 1.21 bits per heavy atom. The molecule has 0 unspecified atom stereocenters. The van der Waals surface area contributed by atoms with Gasteiger partial charge in [0.2, 0.25) is 11.9 Å². The van der Waals surface area contributed by atoms with E-state index in [1.165, 1.54) is 4.90 Å². The van der Waals surface area contributed by atoms with Gasteiger partial charge in [-0.05, 0) is 23.8 Å². The molecule has 1 aliphatic rings. The van der Waals surface area contributed by atoms with Gasteiger partial charge in [0.1, 0.15) is 5.82 Å². The van der Waals surface area contributed by atoms with Gasteiger partial charge in [0, 0.05) is 31.5 Å². The van der Waals surface area contributed by atoms with E-state index in [4.69, 9.17) is 0 Å². The molecule has 1 aliphatic heterocycles. The Bertz CT molecular complexity index is 804. The first kappa shape index (κ1) is 16.0. The van der Waals surface area contributed by atoms with Gasteiger partial charge >= 0.3 is 6.18 Å². The molecular formula is C15H14F3N5O. The molecule has 0 saturated carbocycles. The number of amides is 1. The molecule has 0 fully saturated rings. The number of hydrogen-bond donors (Lipinski definition) is 2. The molecule has 2 aromatic rings. The predicted octanol–water partition coefficient (Wildman–Crippen LogP) is 2.80. The summed E-state index contributed by atoms with van der Waals surface area (Å²) in [5, 5.41) is 5.46. The Morgan fingerprint density at radius 2 is 1.96 bits per heavy atom. The van der Waals surface area contributed by atoms with Gasteiger partial charge in [-0.2, -0.15) is 18.2 Å².